The molecular formula is C26H25N3O5. The van der Waals surface area contributed by atoms with E-state index in [1.807, 2.05) is 55.3 Å². The van der Waals surface area contributed by atoms with Gasteiger partial charge < -0.3 is 15.1 Å². The molecular weight excluding hydrogens is 434 g/mol. The summed E-state index contributed by atoms with van der Waals surface area (Å²) in [6, 6.07) is 15.6. The number of carboxylic acids is 1. The number of aromatic nitrogens is 1. The first-order valence-corrected chi connectivity index (χ1v) is 11.2. The van der Waals surface area contributed by atoms with Crippen LogP contribution >= 0.6 is 0 Å². The normalized spacial score (nSPS) is 15.6. The maximum atomic E-state index is 13.3. The average Bonchev–Trinajstić information content (AvgIpc) is 2.98. The van der Waals surface area contributed by atoms with Crippen LogP contribution in [0.2, 0.25) is 0 Å². The molecule has 5 rings (SSSR count). The highest BCUT2D eigenvalue weighted by molar-refractivity contribution is 5.98. The zero-order chi connectivity index (χ0) is 24.1. The molecule has 2 aliphatic rings. The Bertz CT molecular complexity index is 1330. The lowest BCUT2D eigenvalue weighted by molar-refractivity contribution is 0.0612. The third-order valence-corrected chi connectivity index (χ3v) is 6.72. The van der Waals surface area contributed by atoms with Gasteiger partial charge in [-0.15, -0.1) is 0 Å². The van der Waals surface area contributed by atoms with E-state index in [9.17, 15) is 24.6 Å². The summed E-state index contributed by atoms with van der Waals surface area (Å²) < 4.78 is 1.37. The minimum absolute atomic E-state index is 0.151. The first-order valence-electron chi connectivity index (χ1n) is 11.2. The summed E-state index contributed by atoms with van der Waals surface area (Å²) in [7, 11) is 0. The van der Waals surface area contributed by atoms with Crippen LogP contribution in [0.15, 0.2) is 59.5 Å². The average molecular weight is 460 g/mol. The maximum Gasteiger partial charge on any atom is 0.341 e. The molecule has 174 valence electrons. The van der Waals surface area contributed by atoms with Crippen LogP contribution in [0, 0.1) is 0 Å². The number of amides is 1. The molecule has 2 aromatic carbocycles. The number of fused-ring (bicyclic) bond motifs is 3. The quantitative estimate of drug-likeness (QED) is 0.624. The first kappa shape index (κ1) is 21.8. The molecule has 1 aliphatic carbocycles. The molecule has 0 saturated carbocycles. The van der Waals surface area contributed by atoms with E-state index in [1.54, 1.807) is 4.90 Å². The summed E-state index contributed by atoms with van der Waals surface area (Å²) in [5.41, 5.74) is 2.49. The largest absolute Gasteiger partial charge is 0.502 e. The van der Waals surface area contributed by atoms with Gasteiger partial charge in [0.15, 0.2) is 11.4 Å². The van der Waals surface area contributed by atoms with Gasteiger partial charge in [0.25, 0.3) is 5.91 Å². The molecule has 0 radical (unpaired) electrons. The van der Waals surface area contributed by atoms with Crippen LogP contribution in [0.1, 0.15) is 63.0 Å². The van der Waals surface area contributed by atoms with Crippen molar-refractivity contribution in [2.45, 2.75) is 38.8 Å². The van der Waals surface area contributed by atoms with Crippen LogP contribution in [0.3, 0.4) is 0 Å². The van der Waals surface area contributed by atoms with Gasteiger partial charge in [-0.05, 0) is 48.9 Å². The number of pyridine rings is 1. The number of aryl methyl sites for hydroxylation is 2. The van der Waals surface area contributed by atoms with Crippen molar-refractivity contribution in [3.8, 4) is 5.75 Å². The Kier molecular flexibility index (Phi) is 5.16. The lowest BCUT2D eigenvalue weighted by Crippen LogP contribution is -2.57. The molecule has 1 aliphatic heterocycles. The molecule has 8 nitrogen and oxygen atoms in total. The number of carbonyl (C=O) groups excluding carboxylic acids is 1. The van der Waals surface area contributed by atoms with Gasteiger partial charge in [0, 0.05) is 12.2 Å². The molecule has 2 N–H and O–H groups in total. The Balaban J connectivity index is 1.83. The standard InChI is InChI=1S/C26H25N3O5/c1-15(2)27-14-29(28-13-20(26(33)34)23(30)24(31)22(28)25(27)32)21-18-9-5-3-7-16(18)11-12-17-8-4-6-10-19(17)21/h3-10,13,15,21,31H,11-12,14H2,1-2H3,(H,33,34). The van der Waals surface area contributed by atoms with Crippen LogP contribution < -0.4 is 10.4 Å². The van der Waals surface area contributed by atoms with Crippen molar-refractivity contribution >= 4 is 11.9 Å². The SMILES string of the molecule is CC(C)N1CN(C2c3ccccc3CCc3ccccc32)n2cc(C(=O)O)c(=O)c(O)c2C1=O. The molecule has 0 unspecified atom stereocenters. The van der Waals surface area contributed by atoms with Gasteiger partial charge in [0.05, 0.1) is 6.04 Å². The van der Waals surface area contributed by atoms with Gasteiger partial charge in [-0.1, -0.05) is 48.5 Å². The molecule has 1 aromatic heterocycles. The Morgan fingerprint density at radius 1 is 0.971 bits per heavy atom. The van der Waals surface area contributed by atoms with Gasteiger partial charge in [-0.25, -0.2) is 4.79 Å². The number of aromatic hydroxyl groups is 1. The summed E-state index contributed by atoms with van der Waals surface area (Å²) in [5.74, 6) is -2.83. The highest BCUT2D eigenvalue weighted by atomic mass is 16.4. The van der Waals surface area contributed by atoms with E-state index in [2.05, 4.69) is 12.1 Å². The zero-order valence-electron chi connectivity index (χ0n) is 18.9. The molecule has 0 atom stereocenters. The second-order valence-corrected chi connectivity index (χ2v) is 8.97. The molecule has 34 heavy (non-hydrogen) atoms. The van der Waals surface area contributed by atoms with E-state index in [4.69, 9.17) is 0 Å². The second-order valence-electron chi connectivity index (χ2n) is 8.97. The van der Waals surface area contributed by atoms with Crippen molar-refractivity contribution in [2.75, 3.05) is 11.7 Å². The van der Waals surface area contributed by atoms with Crippen molar-refractivity contribution in [3.05, 3.63) is 98.5 Å². The Morgan fingerprint density at radius 2 is 1.53 bits per heavy atom. The van der Waals surface area contributed by atoms with Crippen molar-refractivity contribution in [1.82, 2.24) is 9.58 Å². The number of hydrogen-bond acceptors (Lipinski definition) is 5. The highest BCUT2D eigenvalue weighted by Crippen LogP contribution is 2.38. The summed E-state index contributed by atoms with van der Waals surface area (Å²) >= 11 is 0. The number of benzene rings is 2. The van der Waals surface area contributed by atoms with Crippen molar-refractivity contribution in [2.24, 2.45) is 0 Å². The van der Waals surface area contributed by atoms with Crippen molar-refractivity contribution in [1.29, 1.82) is 0 Å². The van der Waals surface area contributed by atoms with E-state index in [0.717, 1.165) is 41.3 Å². The van der Waals surface area contributed by atoms with Crippen molar-refractivity contribution < 1.29 is 19.8 Å². The molecule has 0 saturated heterocycles. The third-order valence-electron chi connectivity index (χ3n) is 6.72. The van der Waals surface area contributed by atoms with Crippen LogP contribution in [0.25, 0.3) is 0 Å². The third kappa shape index (κ3) is 3.25. The minimum atomic E-state index is -1.46. The predicted molar refractivity (Wildman–Crippen MR) is 126 cm³/mol. The van der Waals surface area contributed by atoms with E-state index in [0.29, 0.717) is 0 Å². The number of carboxylic acid groups (broad SMARTS) is 1. The van der Waals surface area contributed by atoms with Gasteiger partial charge in [0.1, 0.15) is 12.2 Å². The predicted octanol–water partition coefficient (Wildman–Crippen LogP) is 2.90. The fourth-order valence-electron chi connectivity index (χ4n) is 4.99. The Labute approximate surface area is 196 Å². The smallest absolute Gasteiger partial charge is 0.341 e. The van der Waals surface area contributed by atoms with Crippen LogP contribution in [0.5, 0.6) is 5.75 Å². The highest BCUT2D eigenvalue weighted by Gasteiger charge is 2.40. The van der Waals surface area contributed by atoms with E-state index in [-0.39, 0.29) is 24.4 Å². The Morgan fingerprint density at radius 3 is 2.06 bits per heavy atom. The number of aromatic carboxylic acids is 1. The molecule has 0 fully saturated rings. The van der Waals surface area contributed by atoms with Crippen molar-refractivity contribution in [3.63, 3.8) is 0 Å². The van der Waals surface area contributed by atoms with E-state index in [1.165, 1.54) is 4.68 Å². The molecule has 3 aromatic rings. The van der Waals surface area contributed by atoms with Gasteiger partial charge in [-0.2, -0.15) is 0 Å². The molecule has 0 spiro atoms. The molecule has 8 heteroatoms. The second kappa shape index (κ2) is 8.06. The monoisotopic (exact) mass is 459 g/mol. The number of rotatable bonds is 3. The molecule has 1 amide bonds. The van der Waals surface area contributed by atoms with Gasteiger partial charge >= 0.3 is 5.97 Å². The van der Waals surface area contributed by atoms with E-state index >= 15 is 0 Å². The van der Waals surface area contributed by atoms with Crippen LogP contribution in [0.4, 0.5) is 0 Å². The zero-order valence-corrected chi connectivity index (χ0v) is 18.9. The lowest BCUT2D eigenvalue weighted by Gasteiger charge is -2.45. The minimum Gasteiger partial charge on any atom is -0.502 e. The lowest BCUT2D eigenvalue weighted by atomic mass is 9.94. The Hall–Kier alpha value is -4.07. The van der Waals surface area contributed by atoms with Crippen LogP contribution in [-0.4, -0.2) is 44.4 Å². The first-order chi connectivity index (χ1) is 16.3. The maximum absolute atomic E-state index is 13.3. The summed E-state index contributed by atoms with van der Waals surface area (Å²) in [4.78, 5) is 39.3. The summed E-state index contributed by atoms with van der Waals surface area (Å²) in [6.45, 7) is 3.88. The fraction of sp³-hybridized carbons (Fsp3) is 0.269. The van der Waals surface area contributed by atoms with Gasteiger partial charge in [0.2, 0.25) is 5.43 Å². The summed E-state index contributed by atoms with van der Waals surface area (Å²) in [6.07, 6.45) is 2.84. The van der Waals surface area contributed by atoms with Gasteiger partial charge in [-0.3, -0.25) is 19.3 Å². The molecule has 2 heterocycles. The topological polar surface area (TPSA) is 103 Å². The fourth-order valence-corrected chi connectivity index (χ4v) is 4.99. The van der Waals surface area contributed by atoms with E-state index < -0.39 is 28.6 Å². The number of carbonyl (C=O) groups is 2. The van der Waals surface area contributed by atoms with Crippen LogP contribution in [-0.2, 0) is 12.8 Å². The number of nitrogens with zero attached hydrogens (tertiary/aromatic N) is 3. The molecule has 0 bridgehead atoms. The number of hydrogen-bond donors (Lipinski definition) is 2. The summed E-state index contributed by atoms with van der Waals surface area (Å²) in [5, 5.41) is 22.2.